The van der Waals surface area contributed by atoms with Crippen molar-refractivity contribution in [2.45, 2.75) is 26.7 Å². The van der Waals surface area contributed by atoms with Crippen molar-refractivity contribution in [2.24, 2.45) is 5.92 Å². The topological polar surface area (TPSA) is 0 Å². The Balaban J connectivity index is 3.27. The molecule has 4 heteroatoms. The third kappa shape index (κ3) is 6.43. The van der Waals surface area contributed by atoms with E-state index in [4.69, 9.17) is 0 Å². The zero-order valence-corrected chi connectivity index (χ0v) is 11.0. The summed E-state index contributed by atoms with van der Waals surface area (Å²) in [4.78, 5) is 0. The Labute approximate surface area is 72.3 Å². The minimum Gasteiger partial charge on any atom is -0.110 e. The highest BCUT2D eigenvalue weighted by atomic mass is 32.6. The highest BCUT2D eigenvalue weighted by molar-refractivity contribution is 8.61. The molecule has 0 N–H and O–H groups in total. The molecule has 62 valence electrons. The van der Waals surface area contributed by atoms with Gasteiger partial charge in [-0.25, -0.2) is 0 Å². The summed E-state index contributed by atoms with van der Waals surface area (Å²) < 4.78 is 0. The number of rotatable bonds is 5. The smallest absolute Gasteiger partial charge is 0.0226 e. The molecule has 0 aromatic rings. The van der Waals surface area contributed by atoms with E-state index in [1.54, 1.807) is 0 Å². The van der Waals surface area contributed by atoms with Crippen LogP contribution < -0.4 is 0 Å². The standard InChI is InChI=1S/C6H18P4/c1-3-4-6(2)5-10(8)9-7/h6,9H,3-5,7-8H2,1-2H3. The van der Waals surface area contributed by atoms with Crippen LogP contribution in [0.5, 0.6) is 0 Å². The number of hydrogen-bond donors (Lipinski definition) is 0. The molecule has 0 saturated heterocycles. The van der Waals surface area contributed by atoms with Crippen LogP contribution in [0, 0.1) is 5.92 Å². The molecule has 0 rings (SSSR count). The molecule has 0 heterocycles. The van der Waals surface area contributed by atoms with Crippen molar-refractivity contribution >= 4 is 33.1 Å². The van der Waals surface area contributed by atoms with E-state index in [9.17, 15) is 0 Å². The first-order valence-electron chi connectivity index (χ1n) is 3.69. The Morgan fingerprint density at radius 1 is 1.60 bits per heavy atom. The molecule has 10 heavy (non-hydrogen) atoms. The summed E-state index contributed by atoms with van der Waals surface area (Å²) in [7, 11) is 7.19. The fourth-order valence-corrected chi connectivity index (χ4v) is 5.21. The van der Waals surface area contributed by atoms with Crippen LogP contribution in [0.1, 0.15) is 26.7 Å². The van der Waals surface area contributed by atoms with Gasteiger partial charge in [0.05, 0.1) is 0 Å². The lowest BCUT2D eigenvalue weighted by Crippen LogP contribution is -1.95. The van der Waals surface area contributed by atoms with Gasteiger partial charge in [-0.1, -0.05) is 41.9 Å². The first kappa shape index (κ1) is 11.7. The summed E-state index contributed by atoms with van der Waals surface area (Å²) in [5.41, 5.74) is 0. The maximum Gasteiger partial charge on any atom is -0.0226 e. The molecule has 0 aliphatic rings. The third-order valence-electron chi connectivity index (χ3n) is 1.46. The molecule has 0 aromatic carbocycles. The van der Waals surface area contributed by atoms with E-state index in [-0.39, 0.29) is 7.30 Å². The van der Waals surface area contributed by atoms with E-state index < -0.39 is 0 Å². The highest BCUT2D eigenvalue weighted by Gasteiger charge is 2.04. The molecule has 0 amide bonds. The molecule has 5 unspecified atom stereocenters. The van der Waals surface area contributed by atoms with Crippen molar-refractivity contribution in [1.82, 2.24) is 0 Å². The lowest BCUT2D eigenvalue weighted by Gasteiger charge is -2.14. The average molecular weight is 214 g/mol. The zero-order chi connectivity index (χ0) is 7.98. The Kier molecular flexibility index (Phi) is 8.64. The van der Waals surface area contributed by atoms with Crippen LogP contribution in [0.25, 0.3) is 0 Å². The molecule has 0 aliphatic heterocycles. The van der Waals surface area contributed by atoms with E-state index in [1.165, 1.54) is 19.0 Å². The molecule has 0 saturated carbocycles. The Bertz CT molecular complexity index is 76.1. The molecule has 0 aliphatic carbocycles. The van der Waals surface area contributed by atoms with Gasteiger partial charge < -0.3 is 0 Å². The Hall–Kier alpha value is 1.72. The first-order valence-corrected chi connectivity index (χ1v) is 10.5. The molecule has 5 atom stereocenters. The van der Waals surface area contributed by atoms with Gasteiger partial charge in [-0.2, -0.15) is 0 Å². The van der Waals surface area contributed by atoms with E-state index in [0.29, 0.717) is 0 Å². The molecule has 0 bridgehead atoms. The van der Waals surface area contributed by atoms with E-state index in [0.717, 1.165) is 13.9 Å². The summed E-state index contributed by atoms with van der Waals surface area (Å²) in [6, 6.07) is 0. The summed E-state index contributed by atoms with van der Waals surface area (Å²) in [6.07, 6.45) is 4.19. The summed E-state index contributed by atoms with van der Waals surface area (Å²) in [6.45, 7) is 4.64. The SMILES string of the molecule is CCCC(C)CP(P)PP. The third-order valence-corrected chi connectivity index (χ3v) is 12.0. The Morgan fingerprint density at radius 2 is 2.20 bits per heavy atom. The van der Waals surface area contributed by atoms with Crippen LogP contribution in [-0.2, 0) is 0 Å². The minimum atomic E-state index is 0.278. The summed E-state index contributed by atoms with van der Waals surface area (Å²) in [5, 5.41) is 0. The first-order chi connectivity index (χ1) is 4.70. The fraction of sp³-hybridized carbons (Fsp3) is 1.00. The van der Waals surface area contributed by atoms with Gasteiger partial charge in [-0.3, -0.25) is 0 Å². The molecular weight excluding hydrogens is 196 g/mol. The van der Waals surface area contributed by atoms with Gasteiger partial charge >= 0.3 is 0 Å². The van der Waals surface area contributed by atoms with Crippen LogP contribution in [0.15, 0.2) is 0 Å². The largest absolute Gasteiger partial charge is 0.110 e. The van der Waals surface area contributed by atoms with Crippen molar-refractivity contribution < 1.29 is 0 Å². The van der Waals surface area contributed by atoms with Crippen molar-refractivity contribution in [3.05, 3.63) is 0 Å². The molecule has 0 spiro atoms. The van der Waals surface area contributed by atoms with Crippen LogP contribution in [-0.4, -0.2) is 6.16 Å². The predicted molar refractivity (Wildman–Crippen MR) is 63.6 cm³/mol. The Morgan fingerprint density at radius 3 is 2.60 bits per heavy atom. The van der Waals surface area contributed by atoms with Crippen LogP contribution in [0.3, 0.4) is 0 Å². The molecule has 0 radical (unpaired) electrons. The van der Waals surface area contributed by atoms with Crippen LogP contribution >= 0.6 is 33.1 Å². The van der Waals surface area contributed by atoms with E-state index >= 15 is 0 Å². The van der Waals surface area contributed by atoms with Gasteiger partial charge in [0, 0.05) is 0 Å². The fourth-order valence-electron chi connectivity index (χ4n) is 0.973. The second-order valence-corrected chi connectivity index (χ2v) is 12.5. The predicted octanol–water partition coefficient (Wildman–Crippen LogP) is 4.08. The van der Waals surface area contributed by atoms with Crippen molar-refractivity contribution in [3.8, 4) is 0 Å². The van der Waals surface area contributed by atoms with Crippen molar-refractivity contribution in [2.75, 3.05) is 6.16 Å². The lowest BCUT2D eigenvalue weighted by molar-refractivity contribution is 0.584. The highest BCUT2D eigenvalue weighted by Crippen LogP contribution is 2.66. The maximum atomic E-state index is 2.98. The van der Waals surface area contributed by atoms with Crippen LogP contribution in [0.4, 0.5) is 0 Å². The molecular formula is C6H18P4. The monoisotopic (exact) mass is 214 g/mol. The second kappa shape index (κ2) is 7.37. The lowest BCUT2D eigenvalue weighted by atomic mass is 10.1. The maximum absolute atomic E-state index is 2.98. The van der Waals surface area contributed by atoms with Crippen molar-refractivity contribution in [3.63, 3.8) is 0 Å². The number of hydrogen-bond acceptors (Lipinski definition) is 0. The van der Waals surface area contributed by atoms with Gasteiger partial charge in [0.25, 0.3) is 0 Å². The van der Waals surface area contributed by atoms with Gasteiger partial charge in [0.1, 0.15) is 0 Å². The van der Waals surface area contributed by atoms with Gasteiger partial charge in [0.2, 0.25) is 0 Å². The van der Waals surface area contributed by atoms with Crippen molar-refractivity contribution in [1.29, 1.82) is 0 Å². The second-order valence-electron chi connectivity index (χ2n) is 2.68. The summed E-state index contributed by atoms with van der Waals surface area (Å²) >= 11 is 0. The summed E-state index contributed by atoms with van der Waals surface area (Å²) in [5.74, 6) is 0.946. The van der Waals surface area contributed by atoms with Gasteiger partial charge in [0.15, 0.2) is 0 Å². The molecule has 0 nitrogen and oxygen atoms in total. The van der Waals surface area contributed by atoms with Gasteiger partial charge in [-0.05, 0) is 12.1 Å². The van der Waals surface area contributed by atoms with E-state index in [1.807, 2.05) is 0 Å². The van der Waals surface area contributed by atoms with Crippen LogP contribution in [0.2, 0.25) is 0 Å². The zero-order valence-electron chi connectivity index (χ0n) is 6.80. The molecule has 0 fully saturated rings. The normalized spacial score (nSPS) is 18.0. The average Bonchev–Trinajstić information content (AvgIpc) is 1.88. The van der Waals surface area contributed by atoms with E-state index in [2.05, 4.69) is 31.7 Å². The minimum absolute atomic E-state index is 0.278. The quantitative estimate of drug-likeness (QED) is 0.605. The molecule has 0 aromatic heterocycles. The van der Waals surface area contributed by atoms with Gasteiger partial charge in [-0.15, -0.1) is 17.9 Å².